The van der Waals surface area contributed by atoms with Crippen molar-refractivity contribution in [2.75, 3.05) is 26.2 Å². The molecule has 0 atom stereocenters. The number of likely N-dealkylation sites (N-methyl/N-ethyl adjacent to an activating group) is 1. The predicted octanol–water partition coefficient (Wildman–Crippen LogP) is 0.303. The largest absolute Gasteiger partial charge is 0.301 e. The van der Waals surface area contributed by atoms with Crippen LogP contribution in [0.25, 0.3) is 0 Å². The molecule has 1 saturated heterocycles. The lowest BCUT2D eigenvalue weighted by Gasteiger charge is -2.38. The molecule has 62 valence electrons. The highest BCUT2D eigenvalue weighted by Gasteiger charge is 2.23. The quantitative estimate of drug-likeness (QED) is 0.585. The molecule has 0 radical (unpaired) electrons. The third kappa shape index (κ3) is 2.53. The summed E-state index contributed by atoms with van der Waals surface area (Å²) in [7, 11) is 0. The van der Waals surface area contributed by atoms with Crippen molar-refractivity contribution in [2.45, 2.75) is 19.9 Å². The van der Waals surface area contributed by atoms with Crippen LogP contribution in [0.3, 0.4) is 0 Å². The van der Waals surface area contributed by atoms with Gasteiger partial charge in [0.1, 0.15) is 0 Å². The average molecular weight is 152 g/mol. The van der Waals surface area contributed by atoms with E-state index < -0.39 is 0 Å². The molecule has 1 rings (SSSR count). The van der Waals surface area contributed by atoms with Crippen molar-refractivity contribution in [3.63, 3.8) is 0 Å². The van der Waals surface area contributed by atoms with Crippen LogP contribution in [0.15, 0.2) is 0 Å². The van der Waals surface area contributed by atoms with Crippen LogP contribution in [0.4, 0.5) is 0 Å². The first-order valence-corrected chi connectivity index (χ1v) is 4.22. The molecular formula is C9H16N2. The molecule has 1 heterocycles. The Labute approximate surface area is 69.0 Å². The van der Waals surface area contributed by atoms with Gasteiger partial charge in [0.15, 0.2) is 0 Å². The predicted molar refractivity (Wildman–Crippen MR) is 47.4 cm³/mol. The summed E-state index contributed by atoms with van der Waals surface area (Å²) in [4.78, 5) is 2.41. The van der Waals surface area contributed by atoms with Gasteiger partial charge in [0, 0.05) is 19.1 Å². The summed E-state index contributed by atoms with van der Waals surface area (Å²) in [5.41, 5.74) is 0. The van der Waals surface area contributed by atoms with E-state index in [1.807, 2.05) is 6.92 Å². The smallest absolute Gasteiger partial charge is 0.0579 e. The molecule has 0 aromatic heterocycles. The van der Waals surface area contributed by atoms with Gasteiger partial charge >= 0.3 is 0 Å². The van der Waals surface area contributed by atoms with Crippen molar-refractivity contribution < 1.29 is 0 Å². The summed E-state index contributed by atoms with van der Waals surface area (Å²) in [6.07, 6.45) is 0. The summed E-state index contributed by atoms with van der Waals surface area (Å²) < 4.78 is 0. The normalized spacial score (nSPS) is 18.7. The van der Waals surface area contributed by atoms with Crippen LogP contribution in [-0.2, 0) is 0 Å². The van der Waals surface area contributed by atoms with E-state index in [4.69, 9.17) is 0 Å². The first kappa shape index (κ1) is 8.58. The van der Waals surface area contributed by atoms with E-state index >= 15 is 0 Å². The molecule has 2 heteroatoms. The van der Waals surface area contributed by atoms with Gasteiger partial charge in [0.2, 0.25) is 0 Å². The number of nitrogens with zero attached hydrogens (tertiary/aromatic N) is 1. The number of hydrogen-bond acceptors (Lipinski definition) is 2. The fourth-order valence-corrected chi connectivity index (χ4v) is 1.24. The average Bonchev–Trinajstić information content (AvgIpc) is 1.94. The standard InChI is InChI=1S/C9H16N2/c1-3-5-6-10-9-7-11(4-2)8-9/h9-10H,4,6-8H2,1-2H3. The highest BCUT2D eigenvalue weighted by atomic mass is 15.2. The van der Waals surface area contributed by atoms with Crippen molar-refractivity contribution in [1.29, 1.82) is 0 Å². The third-order valence-electron chi connectivity index (χ3n) is 2.06. The molecular weight excluding hydrogens is 136 g/mol. The molecule has 11 heavy (non-hydrogen) atoms. The molecule has 0 unspecified atom stereocenters. The molecule has 0 bridgehead atoms. The highest BCUT2D eigenvalue weighted by Crippen LogP contribution is 2.05. The van der Waals surface area contributed by atoms with E-state index in [-0.39, 0.29) is 0 Å². The van der Waals surface area contributed by atoms with Gasteiger partial charge in [-0.2, -0.15) is 0 Å². The minimum absolute atomic E-state index is 0.691. The van der Waals surface area contributed by atoms with Crippen LogP contribution in [-0.4, -0.2) is 37.1 Å². The Morgan fingerprint density at radius 3 is 2.82 bits per heavy atom. The van der Waals surface area contributed by atoms with Gasteiger partial charge in [-0.15, -0.1) is 5.92 Å². The van der Waals surface area contributed by atoms with Crippen LogP contribution in [0.5, 0.6) is 0 Å². The second-order valence-corrected chi connectivity index (χ2v) is 2.86. The highest BCUT2D eigenvalue weighted by molar-refractivity contribution is 4.99. The molecule has 0 amide bonds. The van der Waals surface area contributed by atoms with E-state index in [1.165, 1.54) is 19.6 Å². The Hall–Kier alpha value is -0.520. The molecule has 1 aliphatic rings. The first-order valence-electron chi connectivity index (χ1n) is 4.22. The number of hydrogen-bond donors (Lipinski definition) is 1. The zero-order valence-electron chi connectivity index (χ0n) is 7.35. The maximum absolute atomic E-state index is 3.37. The Bertz CT molecular complexity index is 160. The number of nitrogens with one attached hydrogen (secondary N) is 1. The first-order chi connectivity index (χ1) is 5.36. The van der Waals surface area contributed by atoms with Gasteiger partial charge in [-0.1, -0.05) is 12.8 Å². The van der Waals surface area contributed by atoms with Crippen LogP contribution in [0.1, 0.15) is 13.8 Å². The van der Waals surface area contributed by atoms with Crippen LogP contribution in [0, 0.1) is 11.8 Å². The summed E-state index contributed by atoms with van der Waals surface area (Å²) >= 11 is 0. The molecule has 0 aliphatic carbocycles. The zero-order chi connectivity index (χ0) is 8.10. The second-order valence-electron chi connectivity index (χ2n) is 2.86. The Morgan fingerprint density at radius 2 is 2.27 bits per heavy atom. The SMILES string of the molecule is CC#CCNC1CN(CC)C1. The maximum Gasteiger partial charge on any atom is 0.0579 e. The molecule has 0 spiro atoms. The van der Waals surface area contributed by atoms with E-state index in [9.17, 15) is 0 Å². The Kier molecular flexibility index (Phi) is 3.41. The molecule has 2 nitrogen and oxygen atoms in total. The molecule has 1 aliphatic heterocycles. The van der Waals surface area contributed by atoms with Crippen LogP contribution in [0.2, 0.25) is 0 Å². The molecule has 0 saturated carbocycles. The van der Waals surface area contributed by atoms with E-state index in [0.717, 1.165) is 6.54 Å². The second kappa shape index (κ2) is 4.38. The zero-order valence-corrected chi connectivity index (χ0v) is 7.35. The van der Waals surface area contributed by atoms with Gasteiger partial charge < -0.3 is 10.2 Å². The van der Waals surface area contributed by atoms with Gasteiger partial charge in [0.05, 0.1) is 6.54 Å². The Balaban J connectivity index is 1.98. The summed E-state index contributed by atoms with van der Waals surface area (Å²) in [6.45, 7) is 8.49. The van der Waals surface area contributed by atoms with Gasteiger partial charge in [0.25, 0.3) is 0 Å². The lowest BCUT2D eigenvalue weighted by Crippen LogP contribution is -2.57. The van der Waals surface area contributed by atoms with Crippen molar-refractivity contribution in [2.24, 2.45) is 0 Å². The number of rotatable bonds is 3. The molecule has 0 aromatic carbocycles. The minimum atomic E-state index is 0.691. The summed E-state index contributed by atoms with van der Waals surface area (Å²) in [5, 5.41) is 3.37. The maximum atomic E-state index is 3.37. The monoisotopic (exact) mass is 152 g/mol. The summed E-state index contributed by atoms with van der Waals surface area (Å²) in [6, 6.07) is 0.691. The third-order valence-corrected chi connectivity index (χ3v) is 2.06. The fourth-order valence-electron chi connectivity index (χ4n) is 1.24. The van der Waals surface area contributed by atoms with Crippen molar-refractivity contribution in [3.05, 3.63) is 0 Å². The van der Waals surface area contributed by atoms with Gasteiger partial charge in [-0.25, -0.2) is 0 Å². The van der Waals surface area contributed by atoms with Crippen molar-refractivity contribution in [3.8, 4) is 11.8 Å². The lowest BCUT2D eigenvalue weighted by molar-refractivity contribution is 0.137. The molecule has 1 N–H and O–H groups in total. The Morgan fingerprint density at radius 1 is 1.55 bits per heavy atom. The topological polar surface area (TPSA) is 15.3 Å². The lowest BCUT2D eigenvalue weighted by atomic mass is 10.1. The van der Waals surface area contributed by atoms with E-state index in [1.54, 1.807) is 0 Å². The van der Waals surface area contributed by atoms with Gasteiger partial charge in [-0.05, 0) is 13.5 Å². The van der Waals surface area contributed by atoms with Gasteiger partial charge in [-0.3, -0.25) is 0 Å². The molecule has 0 aromatic rings. The van der Waals surface area contributed by atoms with Crippen molar-refractivity contribution >= 4 is 0 Å². The molecule has 1 fully saturated rings. The van der Waals surface area contributed by atoms with E-state index in [0.29, 0.717) is 6.04 Å². The van der Waals surface area contributed by atoms with Crippen LogP contribution >= 0.6 is 0 Å². The number of likely N-dealkylation sites (tertiary alicyclic amines) is 1. The van der Waals surface area contributed by atoms with Crippen LogP contribution < -0.4 is 5.32 Å². The minimum Gasteiger partial charge on any atom is -0.301 e. The fraction of sp³-hybridized carbons (Fsp3) is 0.778. The van der Waals surface area contributed by atoms with E-state index in [2.05, 4.69) is 29.0 Å². The summed E-state index contributed by atoms with van der Waals surface area (Å²) in [5.74, 6) is 5.87. The van der Waals surface area contributed by atoms with Crippen molar-refractivity contribution in [1.82, 2.24) is 10.2 Å².